The van der Waals surface area contributed by atoms with Crippen LogP contribution in [0.2, 0.25) is 0 Å². The molecule has 6 heteroatoms. The van der Waals surface area contributed by atoms with Crippen LogP contribution in [0.15, 0.2) is 114 Å². The van der Waals surface area contributed by atoms with E-state index in [0.717, 1.165) is 45.5 Å². The lowest BCUT2D eigenvalue weighted by molar-refractivity contribution is 0.0599. The molecule has 1 aliphatic rings. The quantitative estimate of drug-likeness (QED) is 0.209. The van der Waals surface area contributed by atoms with Crippen molar-refractivity contribution in [2.24, 2.45) is 0 Å². The Morgan fingerprint density at radius 2 is 1.43 bits per heavy atom. The average molecular weight is 593 g/mol. The van der Waals surface area contributed by atoms with E-state index in [-0.39, 0.29) is 11.9 Å². The lowest BCUT2D eigenvalue weighted by Crippen LogP contribution is -2.49. The predicted octanol–water partition coefficient (Wildman–Crippen LogP) is 7.22. The van der Waals surface area contributed by atoms with Gasteiger partial charge in [-0.15, -0.1) is 0 Å². The van der Waals surface area contributed by atoms with Gasteiger partial charge in [-0.25, -0.2) is 4.98 Å². The second-order valence-electron chi connectivity index (χ2n) is 10.00. The van der Waals surface area contributed by atoms with Crippen molar-refractivity contribution in [3.8, 4) is 17.0 Å². The molecule has 2 heterocycles. The normalized spacial score (nSPS) is 14.0. The summed E-state index contributed by atoms with van der Waals surface area (Å²) in [5.41, 5.74) is 5.72. The zero-order chi connectivity index (χ0) is 27.5. The van der Waals surface area contributed by atoms with E-state index in [1.165, 1.54) is 11.1 Å². The summed E-state index contributed by atoms with van der Waals surface area (Å²) in [6, 6.07) is 37.1. The number of benzene rings is 4. The van der Waals surface area contributed by atoms with E-state index in [1.54, 1.807) is 7.11 Å². The molecule has 5 nitrogen and oxygen atoms in total. The number of carbonyl (C=O) groups excluding carboxylic acids is 1. The Bertz CT molecular complexity index is 1580. The number of aromatic nitrogens is 1. The van der Waals surface area contributed by atoms with Crippen LogP contribution in [0.1, 0.15) is 27.5 Å². The van der Waals surface area contributed by atoms with E-state index < -0.39 is 0 Å². The second kappa shape index (κ2) is 11.6. The van der Waals surface area contributed by atoms with Gasteiger partial charge < -0.3 is 9.64 Å². The second-order valence-corrected chi connectivity index (χ2v) is 10.9. The predicted molar refractivity (Wildman–Crippen MR) is 164 cm³/mol. The van der Waals surface area contributed by atoms with E-state index in [0.29, 0.717) is 18.7 Å². The summed E-state index contributed by atoms with van der Waals surface area (Å²) in [6.07, 6.45) is 0. The first-order valence-electron chi connectivity index (χ1n) is 13.5. The van der Waals surface area contributed by atoms with Crippen LogP contribution in [0.25, 0.3) is 22.2 Å². The fourth-order valence-electron chi connectivity index (χ4n) is 5.52. The molecule has 0 aliphatic carbocycles. The molecule has 0 bridgehead atoms. The number of fused-ring (bicyclic) bond motifs is 1. The van der Waals surface area contributed by atoms with Crippen molar-refractivity contribution in [3.05, 3.63) is 130 Å². The van der Waals surface area contributed by atoms with Gasteiger partial charge in [0.25, 0.3) is 5.91 Å². The summed E-state index contributed by atoms with van der Waals surface area (Å²) in [7, 11) is 1.65. The maximum atomic E-state index is 14.1. The topological polar surface area (TPSA) is 45.7 Å². The van der Waals surface area contributed by atoms with E-state index in [2.05, 4.69) is 81.5 Å². The third-order valence-electron chi connectivity index (χ3n) is 7.58. The third-order valence-corrected chi connectivity index (χ3v) is 8.08. The van der Waals surface area contributed by atoms with Gasteiger partial charge in [0.05, 0.1) is 29.9 Å². The number of hydrogen-bond acceptors (Lipinski definition) is 4. The molecule has 6 rings (SSSR count). The molecule has 0 radical (unpaired) electrons. The fraction of sp³-hybridized carbons (Fsp3) is 0.176. The van der Waals surface area contributed by atoms with Gasteiger partial charge in [0.2, 0.25) is 0 Å². The van der Waals surface area contributed by atoms with Gasteiger partial charge in [0.15, 0.2) is 0 Å². The SMILES string of the molecule is COc1ccc(-c2cc(C(=O)N3CCN(C(c4ccccc4)c4ccccc4)CC3)c3cc(Br)ccc3n2)cc1. The van der Waals surface area contributed by atoms with E-state index in [1.807, 2.05) is 53.4 Å². The molecule has 0 atom stereocenters. The molecule has 0 saturated carbocycles. The molecule has 1 aromatic heterocycles. The number of piperazine rings is 1. The minimum absolute atomic E-state index is 0.0379. The molecule has 5 aromatic rings. The van der Waals surface area contributed by atoms with Crippen LogP contribution in [0, 0.1) is 0 Å². The van der Waals surface area contributed by atoms with Gasteiger partial charge in [-0.05, 0) is 59.7 Å². The van der Waals surface area contributed by atoms with Crippen LogP contribution < -0.4 is 4.74 Å². The lowest BCUT2D eigenvalue weighted by Gasteiger charge is -2.40. The minimum atomic E-state index is 0.0379. The summed E-state index contributed by atoms with van der Waals surface area (Å²) in [5, 5.41) is 0.852. The number of halogens is 1. The van der Waals surface area contributed by atoms with Gasteiger partial charge in [-0.3, -0.25) is 9.69 Å². The monoisotopic (exact) mass is 591 g/mol. The number of methoxy groups -OCH3 is 1. The first-order chi connectivity index (χ1) is 19.6. The third kappa shape index (κ3) is 5.37. The van der Waals surface area contributed by atoms with Gasteiger partial charge in [0, 0.05) is 41.6 Å². The Balaban J connectivity index is 1.29. The molecule has 1 amide bonds. The van der Waals surface area contributed by atoms with E-state index in [4.69, 9.17) is 9.72 Å². The summed E-state index contributed by atoms with van der Waals surface area (Å²) in [4.78, 5) is 23.4. The Morgan fingerprint density at radius 1 is 0.800 bits per heavy atom. The number of ether oxygens (including phenoxy) is 1. The summed E-state index contributed by atoms with van der Waals surface area (Å²) >= 11 is 3.59. The number of pyridine rings is 1. The van der Waals surface area contributed by atoms with Crippen LogP contribution in [-0.2, 0) is 0 Å². The molecule has 0 N–H and O–H groups in total. The van der Waals surface area contributed by atoms with Gasteiger partial charge in [-0.1, -0.05) is 76.6 Å². The maximum Gasteiger partial charge on any atom is 0.254 e. The standard InChI is InChI=1S/C34H30BrN3O2/c1-40-28-15-12-24(13-16-28)32-23-30(29-22-27(35)14-17-31(29)36-32)34(39)38-20-18-37(19-21-38)33(25-8-4-2-5-9-25)26-10-6-3-7-11-26/h2-17,22-23,33H,18-21H2,1H3. The molecule has 4 aromatic carbocycles. The van der Waals surface area contributed by atoms with Crippen molar-refractivity contribution < 1.29 is 9.53 Å². The molecule has 40 heavy (non-hydrogen) atoms. The lowest BCUT2D eigenvalue weighted by atomic mass is 9.96. The first-order valence-corrected chi connectivity index (χ1v) is 14.3. The smallest absolute Gasteiger partial charge is 0.254 e. The van der Waals surface area contributed by atoms with Gasteiger partial charge in [0.1, 0.15) is 5.75 Å². The van der Waals surface area contributed by atoms with E-state index in [9.17, 15) is 4.79 Å². The van der Waals surface area contributed by atoms with Crippen LogP contribution >= 0.6 is 15.9 Å². The number of nitrogens with zero attached hydrogens (tertiary/aromatic N) is 3. The van der Waals surface area contributed by atoms with E-state index >= 15 is 0 Å². The van der Waals surface area contributed by atoms with Crippen LogP contribution in [0.4, 0.5) is 0 Å². The Hall–Kier alpha value is -4.00. The largest absolute Gasteiger partial charge is 0.497 e. The van der Waals surface area contributed by atoms with Crippen molar-refractivity contribution in [1.82, 2.24) is 14.8 Å². The number of hydrogen-bond donors (Lipinski definition) is 0. The van der Waals surface area contributed by atoms with Crippen molar-refractivity contribution in [3.63, 3.8) is 0 Å². The fourth-order valence-corrected chi connectivity index (χ4v) is 5.88. The Labute approximate surface area is 243 Å². The number of rotatable bonds is 6. The highest BCUT2D eigenvalue weighted by Gasteiger charge is 2.29. The van der Waals surface area contributed by atoms with Crippen molar-refractivity contribution in [2.75, 3.05) is 33.3 Å². The molecule has 1 fully saturated rings. The number of carbonyl (C=O) groups is 1. The van der Waals surface area contributed by atoms with Crippen molar-refractivity contribution in [2.45, 2.75) is 6.04 Å². The van der Waals surface area contributed by atoms with Crippen LogP contribution in [-0.4, -0.2) is 54.0 Å². The molecule has 0 spiro atoms. The summed E-state index contributed by atoms with van der Waals surface area (Å²) < 4.78 is 6.24. The Kier molecular flexibility index (Phi) is 7.62. The molecule has 1 saturated heterocycles. The number of amides is 1. The highest BCUT2D eigenvalue weighted by atomic mass is 79.9. The average Bonchev–Trinajstić information content (AvgIpc) is 3.02. The zero-order valence-electron chi connectivity index (χ0n) is 22.3. The highest BCUT2D eigenvalue weighted by Crippen LogP contribution is 2.32. The van der Waals surface area contributed by atoms with Crippen molar-refractivity contribution in [1.29, 1.82) is 0 Å². The molecule has 1 aliphatic heterocycles. The first kappa shape index (κ1) is 26.2. The molecule has 0 unspecified atom stereocenters. The minimum Gasteiger partial charge on any atom is -0.497 e. The molecular weight excluding hydrogens is 562 g/mol. The molecular formula is C34H30BrN3O2. The van der Waals surface area contributed by atoms with Crippen molar-refractivity contribution >= 4 is 32.7 Å². The highest BCUT2D eigenvalue weighted by molar-refractivity contribution is 9.10. The Morgan fingerprint density at radius 3 is 2.02 bits per heavy atom. The maximum absolute atomic E-state index is 14.1. The zero-order valence-corrected chi connectivity index (χ0v) is 23.9. The summed E-state index contributed by atoms with van der Waals surface area (Å²) in [6.45, 7) is 2.89. The van der Waals surface area contributed by atoms with Gasteiger partial charge in [-0.2, -0.15) is 0 Å². The summed E-state index contributed by atoms with van der Waals surface area (Å²) in [5.74, 6) is 0.822. The molecule has 200 valence electrons. The van der Waals surface area contributed by atoms with Crippen LogP contribution in [0.5, 0.6) is 5.75 Å². The van der Waals surface area contributed by atoms with Gasteiger partial charge >= 0.3 is 0 Å². The van der Waals surface area contributed by atoms with Crippen LogP contribution in [0.3, 0.4) is 0 Å².